The Kier molecular flexibility index (Phi) is 9.16. The Bertz CT molecular complexity index is 767. The van der Waals surface area contributed by atoms with Gasteiger partial charge < -0.3 is 20.5 Å². The summed E-state index contributed by atoms with van der Waals surface area (Å²) in [5.74, 6) is 0.898. The van der Waals surface area contributed by atoms with Crippen LogP contribution in [0, 0.1) is 5.82 Å². The Morgan fingerprint density at radius 3 is 2.45 bits per heavy atom. The number of benzene rings is 2. The lowest BCUT2D eigenvalue weighted by Gasteiger charge is -2.18. The summed E-state index contributed by atoms with van der Waals surface area (Å²) < 4.78 is 18.4. The SMILES string of the molecule is CCNC(=NCC1(c2ccccc2)CC1)NCC(O)COc1ccc(F)cc1.I. The molecule has 0 radical (unpaired) electrons. The number of hydrogen-bond acceptors (Lipinski definition) is 3. The zero-order chi connectivity index (χ0) is 19.8. The predicted molar refractivity (Wildman–Crippen MR) is 125 cm³/mol. The van der Waals surface area contributed by atoms with Crippen molar-refractivity contribution in [2.45, 2.75) is 31.3 Å². The third-order valence-electron chi connectivity index (χ3n) is 4.88. The van der Waals surface area contributed by atoms with Crippen LogP contribution in [0.25, 0.3) is 0 Å². The Labute approximate surface area is 188 Å². The number of ether oxygens (including phenoxy) is 1. The lowest BCUT2D eigenvalue weighted by Crippen LogP contribution is -2.43. The molecule has 1 aliphatic rings. The number of halogens is 2. The fraction of sp³-hybridized carbons (Fsp3) is 0.409. The van der Waals surface area contributed by atoms with E-state index in [0.29, 0.717) is 24.8 Å². The van der Waals surface area contributed by atoms with E-state index in [-0.39, 0.29) is 41.8 Å². The molecule has 158 valence electrons. The molecular weight excluding hydrogens is 484 g/mol. The molecule has 0 aliphatic heterocycles. The van der Waals surface area contributed by atoms with Gasteiger partial charge in [0.15, 0.2) is 5.96 Å². The molecule has 0 spiro atoms. The highest BCUT2D eigenvalue weighted by molar-refractivity contribution is 14.0. The molecule has 1 saturated carbocycles. The summed E-state index contributed by atoms with van der Waals surface area (Å²) in [6.45, 7) is 3.90. The van der Waals surface area contributed by atoms with Crippen molar-refractivity contribution in [2.75, 3.05) is 26.2 Å². The quantitative estimate of drug-likeness (QED) is 0.273. The second-order valence-corrected chi connectivity index (χ2v) is 7.14. The Hall–Kier alpha value is -1.87. The van der Waals surface area contributed by atoms with Crippen LogP contribution in [0.4, 0.5) is 4.39 Å². The van der Waals surface area contributed by atoms with E-state index >= 15 is 0 Å². The highest BCUT2D eigenvalue weighted by atomic mass is 127. The van der Waals surface area contributed by atoms with Gasteiger partial charge in [-0.1, -0.05) is 30.3 Å². The van der Waals surface area contributed by atoms with Crippen LogP contribution < -0.4 is 15.4 Å². The van der Waals surface area contributed by atoms with Gasteiger partial charge in [-0.25, -0.2) is 4.39 Å². The van der Waals surface area contributed by atoms with Gasteiger partial charge in [-0.05, 0) is 49.6 Å². The lowest BCUT2D eigenvalue weighted by atomic mass is 9.96. The van der Waals surface area contributed by atoms with Crippen molar-refractivity contribution in [3.8, 4) is 5.75 Å². The van der Waals surface area contributed by atoms with Crippen LogP contribution in [0.3, 0.4) is 0 Å². The largest absolute Gasteiger partial charge is 0.491 e. The van der Waals surface area contributed by atoms with Gasteiger partial charge in [0, 0.05) is 18.5 Å². The van der Waals surface area contributed by atoms with E-state index in [0.717, 1.165) is 19.4 Å². The maximum absolute atomic E-state index is 12.9. The molecule has 1 atom stereocenters. The Morgan fingerprint density at radius 2 is 1.83 bits per heavy atom. The molecule has 0 bridgehead atoms. The highest BCUT2D eigenvalue weighted by Crippen LogP contribution is 2.48. The van der Waals surface area contributed by atoms with Crippen molar-refractivity contribution in [2.24, 2.45) is 4.99 Å². The van der Waals surface area contributed by atoms with E-state index in [4.69, 9.17) is 9.73 Å². The minimum absolute atomic E-state index is 0. The van der Waals surface area contributed by atoms with Gasteiger partial charge in [-0.15, -0.1) is 24.0 Å². The first-order valence-corrected chi connectivity index (χ1v) is 9.75. The van der Waals surface area contributed by atoms with E-state index in [1.54, 1.807) is 12.1 Å². The molecule has 7 heteroatoms. The van der Waals surface area contributed by atoms with Gasteiger partial charge in [0.1, 0.15) is 24.3 Å². The van der Waals surface area contributed by atoms with Crippen molar-refractivity contribution in [1.82, 2.24) is 10.6 Å². The van der Waals surface area contributed by atoms with Crippen molar-refractivity contribution < 1.29 is 14.2 Å². The summed E-state index contributed by atoms with van der Waals surface area (Å²) in [6.07, 6.45) is 1.58. The smallest absolute Gasteiger partial charge is 0.191 e. The number of rotatable bonds is 9. The summed E-state index contributed by atoms with van der Waals surface area (Å²) in [7, 11) is 0. The summed E-state index contributed by atoms with van der Waals surface area (Å²) in [6, 6.07) is 16.2. The molecule has 0 heterocycles. The van der Waals surface area contributed by atoms with Crippen LogP contribution in [-0.2, 0) is 5.41 Å². The first-order chi connectivity index (χ1) is 13.6. The minimum atomic E-state index is -0.710. The summed E-state index contributed by atoms with van der Waals surface area (Å²) in [5, 5.41) is 16.5. The van der Waals surface area contributed by atoms with Crippen LogP contribution in [0.15, 0.2) is 59.6 Å². The van der Waals surface area contributed by atoms with Crippen LogP contribution >= 0.6 is 24.0 Å². The molecule has 0 amide bonds. The van der Waals surface area contributed by atoms with Crippen LogP contribution in [0.1, 0.15) is 25.3 Å². The van der Waals surface area contributed by atoms with Crippen LogP contribution in [-0.4, -0.2) is 43.4 Å². The van der Waals surface area contributed by atoms with Crippen molar-refractivity contribution in [3.63, 3.8) is 0 Å². The number of nitrogens with one attached hydrogen (secondary N) is 2. The second kappa shape index (κ2) is 11.3. The molecule has 0 aromatic heterocycles. The van der Waals surface area contributed by atoms with Gasteiger partial charge in [0.05, 0.1) is 6.54 Å². The van der Waals surface area contributed by atoms with Crippen molar-refractivity contribution in [1.29, 1.82) is 0 Å². The van der Waals surface area contributed by atoms with E-state index in [2.05, 4.69) is 34.9 Å². The van der Waals surface area contributed by atoms with Crippen LogP contribution in [0.2, 0.25) is 0 Å². The Morgan fingerprint density at radius 1 is 1.14 bits per heavy atom. The molecule has 3 rings (SSSR count). The number of aliphatic hydroxyl groups excluding tert-OH is 1. The maximum Gasteiger partial charge on any atom is 0.191 e. The monoisotopic (exact) mass is 513 g/mol. The lowest BCUT2D eigenvalue weighted by molar-refractivity contribution is 0.110. The fourth-order valence-electron chi connectivity index (χ4n) is 3.05. The first-order valence-electron chi connectivity index (χ1n) is 9.75. The predicted octanol–water partition coefficient (Wildman–Crippen LogP) is 3.47. The average molecular weight is 513 g/mol. The molecule has 1 unspecified atom stereocenters. The van der Waals surface area contributed by atoms with Gasteiger partial charge >= 0.3 is 0 Å². The van der Waals surface area contributed by atoms with E-state index in [1.165, 1.54) is 17.7 Å². The van der Waals surface area contributed by atoms with E-state index in [9.17, 15) is 9.50 Å². The van der Waals surface area contributed by atoms with Gasteiger partial charge in [-0.2, -0.15) is 0 Å². The second-order valence-electron chi connectivity index (χ2n) is 7.14. The van der Waals surface area contributed by atoms with Crippen molar-refractivity contribution >= 4 is 29.9 Å². The zero-order valence-electron chi connectivity index (χ0n) is 16.6. The number of guanidine groups is 1. The Balaban J connectivity index is 0.00000300. The molecule has 0 saturated heterocycles. The summed E-state index contributed by atoms with van der Waals surface area (Å²) in [4.78, 5) is 4.72. The zero-order valence-corrected chi connectivity index (χ0v) is 18.9. The molecule has 5 nitrogen and oxygen atoms in total. The summed E-state index contributed by atoms with van der Waals surface area (Å²) >= 11 is 0. The average Bonchev–Trinajstić information content (AvgIpc) is 3.51. The third-order valence-corrected chi connectivity index (χ3v) is 4.88. The molecule has 2 aromatic rings. The topological polar surface area (TPSA) is 65.9 Å². The number of nitrogens with zero attached hydrogens (tertiary/aromatic N) is 1. The molecular formula is C22H29FIN3O2. The van der Waals surface area contributed by atoms with Crippen molar-refractivity contribution in [3.05, 3.63) is 66.0 Å². The maximum atomic E-state index is 12.9. The molecule has 29 heavy (non-hydrogen) atoms. The van der Waals surface area contributed by atoms with Gasteiger partial charge in [0.25, 0.3) is 0 Å². The minimum Gasteiger partial charge on any atom is -0.491 e. The highest BCUT2D eigenvalue weighted by Gasteiger charge is 2.43. The number of hydrogen-bond donors (Lipinski definition) is 3. The first kappa shape index (κ1) is 23.4. The van der Waals surface area contributed by atoms with Crippen LogP contribution in [0.5, 0.6) is 5.75 Å². The normalized spacial score (nSPS) is 15.8. The third kappa shape index (κ3) is 7.15. The molecule has 1 aliphatic carbocycles. The number of aliphatic hydroxyl groups is 1. The molecule has 3 N–H and O–H groups in total. The van der Waals surface area contributed by atoms with E-state index < -0.39 is 6.10 Å². The van der Waals surface area contributed by atoms with Gasteiger partial charge in [-0.3, -0.25) is 4.99 Å². The molecule has 2 aromatic carbocycles. The standard InChI is InChI=1S/C22H28FN3O2.HI/c1-2-24-21(26-16-22(12-13-22)17-6-4-3-5-7-17)25-14-19(27)15-28-20-10-8-18(23)9-11-20;/h3-11,19,27H,2,12-16H2,1H3,(H2,24,25,26);1H. The summed E-state index contributed by atoms with van der Waals surface area (Å²) in [5.41, 5.74) is 1.48. The van der Waals surface area contributed by atoms with Gasteiger partial charge in [0.2, 0.25) is 0 Å². The van der Waals surface area contributed by atoms with E-state index in [1.807, 2.05) is 13.0 Å². The fourth-order valence-corrected chi connectivity index (χ4v) is 3.05. The molecule has 1 fully saturated rings. The number of aliphatic imine (C=N–C) groups is 1.